The van der Waals surface area contributed by atoms with Gasteiger partial charge in [0.1, 0.15) is 5.75 Å². The molecule has 1 unspecified atom stereocenters. The maximum atomic E-state index is 13.1. The van der Waals surface area contributed by atoms with Crippen molar-refractivity contribution in [1.29, 1.82) is 0 Å². The van der Waals surface area contributed by atoms with Crippen LogP contribution in [0.4, 0.5) is 18.9 Å². The molecule has 0 bridgehead atoms. The van der Waals surface area contributed by atoms with Gasteiger partial charge in [-0.05, 0) is 44.2 Å². The average Bonchev–Trinajstić information content (AvgIpc) is 2.63. The number of hydrogen-bond donors (Lipinski definition) is 2. The molecule has 7 nitrogen and oxygen atoms in total. The van der Waals surface area contributed by atoms with Gasteiger partial charge in [0.2, 0.25) is 0 Å². The maximum Gasteiger partial charge on any atom is 0.451 e. The highest BCUT2D eigenvalue weighted by molar-refractivity contribution is 7.92. The van der Waals surface area contributed by atoms with Crippen molar-refractivity contribution < 1.29 is 41.0 Å². The van der Waals surface area contributed by atoms with Gasteiger partial charge in [0.05, 0.1) is 11.0 Å². The molecule has 0 aliphatic carbocycles. The molecule has 2 aromatic carbocycles. The summed E-state index contributed by atoms with van der Waals surface area (Å²) in [5.41, 5.74) is -1.000. The van der Waals surface area contributed by atoms with Gasteiger partial charge in [-0.1, -0.05) is 18.2 Å². The fraction of sp³-hybridized carbons (Fsp3) is 0.263. The second-order valence-corrected chi connectivity index (χ2v) is 8.16. The van der Waals surface area contributed by atoms with E-state index in [-0.39, 0.29) is 10.6 Å². The van der Waals surface area contributed by atoms with E-state index in [9.17, 15) is 36.3 Å². The Bertz CT molecular complexity index is 1040. The number of anilines is 1. The number of ether oxygens (including phenoxy) is 1. The lowest BCUT2D eigenvalue weighted by Crippen LogP contribution is -2.35. The number of aromatic hydroxyl groups is 1. The third-order valence-corrected chi connectivity index (χ3v) is 5.17. The summed E-state index contributed by atoms with van der Waals surface area (Å²) in [4.78, 5) is 24.0. The number of phenols is 1. The van der Waals surface area contributed by atoms with Crippen LogP contribution in [-0.4, -0.2) is 37.6 Å². The highest BCUT2D eigenvalue weighted by atomic mass is 32.2. The van der Waals surface area contributed by atoms with E-state index < -0.39 is 51.3 Å². The highest BCUT2D eigenvalue weighted by Crippen LogP contribution is 2.35. The number of sulfonamides is 1. The van der Waals surface area contributed by atoms with Crippen molar-refractivity contribution in [3.05, 3.63) is 54.1 Å². The molecule has 0 amide bonds. The molecule has 1 atom stereocenters. The van der Waals surface area contributed by atoms with Crippen LogP contribution in [0, 0.1) is 0 Å². The molecular formula is C19H18F3NO6S. The van der Waals surface area contributed by atoms with Gasteiger partial charge in [0.25, 0.3) is 15.8 Å². The molecule has 0 aromatic heterocycles. The molecule has 0 aliphatic rings. The van der Waals surface area contributed by atoms with Crippen molar-refractivity contribution in [3.63, 3.8) is 0 Å². The number of Topliss-reactive ketones (excluding diaryl/α,β-unsaturated/α-hetero) is 1. The van der Waals surface area contributed by atoms with Crippen LogP contribution in [0.2, 0.25) is 0 Å². The first-order valence-corrected chi connectivity index (χ1v) is 10.0. The fourth-order valence-corrected chi connectivity index (χ4v) is 3.57. The molecule has 0 heterocycles. The Morgan fingerprint density at radius 3 is 2.20 bits per heavy atom. The van der Waals surface area contributed by atoms with E-state index in [1.165, 1.54) is 38.1 Å². The molecule has 11 heteroatoms. The van der Waals surface area contributed by atoms with Crippen molar-refractivity contribution in [3.8, 4) is 5.75 Å². The van der Waals surface area contributed by atoms with Gasteiger partial charge in [-0.2, -0.15) is 13.2 Å². The van der Waals surface area contributed by atoms with Crippen molar-refractivity contribution in [2.24, 2.45) is 0 Å². The Morgan fingerprint density at radius 1 is 1.07 bits per heavy atom. The van der Waals surface area contributed by atoms with Crippen LogP contribution in [-0.2, 0) is 24.3 Å². The van der Waals surface area contributed by atoms with Gasteiger partial charge in [-0.25, -0.2) is 8.42 Å². The summed E-state index contributed by atoms with van der Waals surface area (Å²) >= 11 is 0. The number of esters is 1. The molecule has 2 N–H and O–H groups in total. The van der Waals surface area contributed by atoms with Crippen LogP contribution in [0.3, 0.4) is 0 Å². The van der Waals surface area contributed by atoms with Gasteiger partial charge in [-0.3, -0.25) is 14.3 Å². The number of benzene rings is 2. The molecule has 2 rings (SSSR count). The Balaban J connectivity index is 2.50. The van der Waals surface area contributed by atoms with E-state index in [0.717, 1.165) is 18.2 Å². The number of carbonyl (C=O) groups excluding carboxylic acids is 2. The summed E-state index contributed by atoms with van der Waals surface area (Å²) in [5, 5.41) is 10.0. The van der Waals surface area contributed by atoms with E-state index in [1.807, 2.05) is 0 Å². The number of alkyl halides is 3. The largest absolute Gasteiger partial charge is 0.508 e. The van der Waals surface area contributed by atoms with Gasteiger partial charge in [0.15, 0.2) is 5.92 Å². The third-order valence-electron chi connectivity index (χ3n) is 3.77. The Kier molecular flexibility index (Phi) is 6.76. The zero-order valence-electron chi connectivity index (χ0n) is 15.8. The molecule has 0 fully saturated rings. The van der Waals surface area contributed by atoms with E-state index >= 15 is 0 Å². The summed E-state index contributed by atoms with van der Waals surface area (Å²) in [6.07, 6.45) is -6.23. The van der Waals surface area contributed by atoms with Crippen LogP contribution in [0.15, 0.2) is 53.4 Å². The van der Waals surface area contributed by atoms with E-state index in [0.29, 0.717) is 0 Å². The molecular weight excluding hydrogens is 427 g/mol. The van der Waals surface area contributed by atoms with Gasteiger partial charge in [-0.15, -0.1) is 0 Å². The third kappa shape index (κ3) is 5.50. The average molecular weight is 445 g/mol. The quantitative estimate of drug-likeness (QED) is 0.384. The minimum absolute atomic E-state index is 0.123. The normalized spacial score (nSPS) is 13.0. The van der Waals surface area contributed by atoms with E-state index in [1.54, 1.807) is 6.07 Å². The zero-order chi connectivity index (χ0) is 22.7. The minimum atomic E-state index is -5.40. The van der Waals surface area contributed by atoms with Crippen molar-refractivity contribution in [2.75, 3.05) is 4.72 Å². The Labute approximate surface area is 170 Å². The molecule has 0 spiro atoms. The smallest absolute Gasteiger partial charge is 0.451 e. The molecule has 0 saturated heterocycles. The van der Waals surface area contributed by atoms with Gasteiger partial charge < -0.3 is 9.84 Å². The zero-order valence-corrected chi connectivity index (χ0v) is 16.6. The number of phenolic OH excluding ortho intramolecular Hbond substituents is 1. The Morgan fingerprint density at radius 2 is 1.67 bits per heavy atom. The fourth-order valence-electron chi connectivity index (χ4n) is 2.50. The number of ketones is 1. The SMILES string of the molecule is CC(C)OC(=O)C(C(=O)C(F)(F)F)c1cc(NS(=O)(=O)c2ccccc2)ccc1O. The number of halogens is 3. The number of nitrogens with one attached hydrogen (secondary N) is 1. The van der Waals surface area contributed by atoms with Crippen LogP contribution in [0.5, 0.6) is 5.75 Å². The van der Waals surface area contributed by atoms with Crippen molar-refractivity contribution >= 4 is 27.5 Å². The van der Waals surface area contributed by atoms with E-state index in [4.69, 9.17) is 4.74 Å². The van der Waals surface area contributed by atoms with E-state index in [2.05, 4.69) is 4.72 Å². The molecule has 0 aliphatic heterocycles. The standard InChI is InChI=1S/C19H18F3NO6S/c1-11(2)29-18(26)16(17(25)19(20,21)22)14-10-12(8-9-15(14)24)23-30(27,28)13-6-4-3-5-7-13/h3-11,16,23-24H,1-2H3. The van der Waals surface area contributed by atoms with Crippen molar-refractivity contribution in [2.45, 2.75) is 36.9 Å². The van der Waals surface area contributed by atoms with Crippen LogP contribution in [0.1, 0.15) is 25.3 Å². The first-order valence-electron chi connectivity index (χ1n) is 8.55. The summed E-state index contributed by atoms with van der Waals surface area (Å²) in [7, 11) is -4.11. The molecule has 162 valence electrons. The molecule has 2 aromatic rings. The second-order valence-electron chi connectivity index (χ2n) is 6.47. The second kappa shape index (κ2) is 8.74. The predicted molar refractivity (Wildman–Crippen MR) is 100 cm³/mol. The maximum absolute atomic E-state index is 13.1. The summed E-state index contributed by atoms with van der Waals surface area (Å²) < 4.78 is 70.9. The summed E-state index contributed by atoms with van der Waals surface area (Å²) in [6.45, 7) is 2.74. The first-order chi connectivity index (χ1) is 13.8. The highest BCUT2D eigenvalue weighted by Gasteiger charge is 2.48. The van der Waals surface area contributed by atoms with Gasteiger partial charge >= 0.3 is 12.1 Å². The number of hydrogen-bond acceptors (Lipinski definition) is 6. The lowest BCUT2D eigenvalue weighted by molar-refractivity contribution is -0.178. The van der Waals surface area contributed by atoms with Crippen molar-refractivity contribution in [1.82, 2.24) is 0 Å². The molecule has 0 radical (unpaired) electrons. The topological polar surface area (TPSA) is 110 Å². The Hall–Kier alpha value is -3.08. The predicted octanol–water partition coefficient (Wildman–Crippen LogP) is 3.36. The first kappa shape index (κ1) is 23.2. The number of carbonyl (C=O) groups is 2. The summed E-state index contributed by atoms with van der Waals surface area (Å²) in [5.74, 6) is -7.30. The number of rotatable bonds is 7. The molecule has 0 saturated carbocycles. The van der Waals surface area contributed by atoms with Crippen LogP contribution < -0.4 is 4.72 Å². The lowest BCUT2D eigenvalue weighted by atomic mass is 9.93. The lowest BCUT2D eigenvalue weighted by Gasteiger charge is -2.20. The molecule has 30 heavy (non-hydrogen) atoms. The van der Waals surface area contributed by atoms with Gasteiger partial charge in [0, 0.05) is 11.3 Å². The van der Waals surface area contributed by atoms with Crippen LogP contribution >= 0.6 is 0 Å². The van der Waals surface area contributed by atoms with Crippen LogP contribution in [0.25, 0.3) is 0 Å². The summed E-state index contributed by atoms with van der Waals surface area (Å²) in [6, 6.07) is 9.84. The minimum Gasteiger partial charge on any atom is -0.508 e. The monoisotopic (exact) mass is 445 g/mol.